The minimum Gasteiger partial charge on any atom is -1.00 e. The van der Waals surface area contributed by atoms with Gasteiger partial charge in [-0.1, -0.05) is 13.8 Å². The number of ether oxygens (including phenoxy) is 2. The summed E-state index contributed by atoms with van der Waals surface area (Å²) in [4.78, 5) is 24.0. The van der Waals surface area contributed by atoms with Gasteiger partial charge in [-0.2, -0.15) is 4.57 Å². The van der Waals surface area contributed by atoms with Crippen molar-refractivity contribution in [3.8, 4) is 0 Å². The van der Waals surface area contributed by atoms with Gasteiger partial charge in [-0.25, -0.2) is 4.79 Å². The molecule has 0 fully saturated rings. The fraction of sp³-hybridized carbons (Fsp3) is 0.533. The highest BCUT2D eigenvalue weighted by Crippen LogP contribution is 2.04. The summed E-state index contributed by atoms with van der Waals surface area (Å²) in [6.45, 7) is 4.28. The number of halogens is 1. The molecule has 0 bridgehead atoms. The van der Waals surface area contributed by atoms with Crippen LogP contribution in [0.25, 0.3) is 0 Å². The largest absolute Gasteiger partial charge is 1.00 e. The Morgan fingerprint density at radius 3 is 2.64 bits per heavy atom. The van der Waals surface area contributed by atoms with E-state index in [2.05, 4.69) is 18.6 Å². The van der Waals surface area contributed by atoms with Crippen LogP contribution in [0.5, 0.6) is 0 Å². The third-order valence-electron chi connectivity index (χ3n) is 2.81. The summed E-state index contributed by atoms with van der Waals surface area (Å²) < 4.78 is 11.4. The lowest BCUT2D eigenvalue weighted by atomic mass is 10.1. The average Bonchev–Trinajstić information content (AvgIpc) is 2.44. The molecule has 22 heavy (non-hydrogen) atoms. The first-order chi connectivity index (χ1) is 9.92. The number of aromatic nitrogens is 1. The van der Waals surface area contributed by atoms with Gasteiger partial charge in [-0.05, 0) is 18.4 Å². The zero-order valence-corrected chi connectivity index (χ0v) is 14.2. The third-order valence-corrected chi connectivity index (χ3v) is 2.81. The summed E-state index contributed by atoms with van der Waals surface area (Å²) in [6, 6.07) is 3.96. The van der Waals surface area contributed by atoms with Crippen LogP contribution in [0.3, 0.4) is 0 Å². The number of carbonyl (C=O) groups is 2. The highest BCUT2D eigenvalue weighted by Gasteiger charge is 2.16. The quantitative estimate of drug-likeness (QED) is 0.464. The smallest absolute Gasteiger partial charge is 0.414 e. The van der Waals surface area contributed by atoms with E-state index in [-0.39, 0.29) is 25.7 Å². The van der Waals surface area contributed by atoms with E-state index in [0.717, 1.165) is 6.42 Å². The number of rotatable bonds is 6. The molecule has 1 amide bonds. The van der Waals surface area contributed by atoms with Crippen molar-refractivity contribution < 1.29 is 36.0 Å². The molecule has 0 aliphatic heterocycles. The number of hydrogen-bond acceptors (Lipinski definition) is 4. The molecule has 0 aliphatic rings. The van der Waals surface area contributed by atoms with Crippen LogP contribution < -0.4 is 17.0 Å². The number of pyridine rings is 1. The van der Waals surface area contributed by atoms with Crippen LogP contribution in [0.2, 0.25) is 0 Å². The van der Waals surface area contributed by atoms with E-state index in [1.807, 2.05) is 24.5 Å². The number of nitrogens with zero attached hydrogens (tertiary/aromatic N) is 2. The van der Waals surface area contributed by atoms with E-state index >= 15 is 0 Å². The first-order valence-electron chi connectivity index (χ1n) is 6.85. The van der Waals surface area contributed by atoms with Crippen molar-refractivity contribution >= 4 is 12.1 Å². The first kappa shape index (κ1) is 20.2. The Morgan fingerprint density at radius 1 is 1.36 bits per heavy atom. The standard InChI is InChI=1S/C15H23N2O4.ClH/c1-12(2)8-13-6-5-7-17(9-13)11-21-15(19)16(3)10-14(18)20-4;/h5-7,9,12H,8,10-11H2,1-4H3;1H/q+1;/p-1. The topological polar surface area (TPSA) is 59.7 Å². The number of likely N-dealkylation sites (N-methyl/N-ethyl adjacent to an activating group) is 1. The first-order valence-corrected chi connectivity index (χ1v) is 6.85. The molecule has 1 aromatic rings. The fourth-order valence-corrected chi connectivity index (χ4v) is 1.81. The number of methoxy groups -OCH3 is 1. The summed E-state index contributed by atoms with van der Waals surface area (Å²) in [5, 5.41) is 0. The minimum atomic E-state index is -0.567. The van der Waals surface area contributed by atoms with Gasteiger partial charge in [0, 0.05) is 18.7 Å². The molecule has 124 valence electrons. The summed E-state index contributed by atoms with van der Waals surface area (Å²) in [6.07, 6.45) is 4.18. The molecule has 0 N–H and O–H groups in total. The van der Waals surface area contributed by atoms with Crippen molar-refractivity contribution in [2.24, 2.45) is 5.92 Å². The van der Waals surface area contributed by atoms with Crippen molar-refractivity contribution in [1.29, 1.82) is 0 Å². The second kappa shape index (κ2) is 10.00. The van der Waals surface area contributed by atoms with Crippen LogP contribution >= 0.6 is 0 Å². The van der Waals surface area contributed by atoms with Crippen molar-refractivity contribution in [2.75, 3.05) is 20.7 Å². The predicted molar refractivity (Wildman–Crippen MR) is 76.3 cm³/mol. The molecule has 0 aliphatic carbocycles. The van der Waals surface area contributed by atoms with Crippen LogP contribution in [0, 0.1) is 5.92 Å². The lowest BCUT2D eigenvalue weighted by Crippen LogP contribution is -3.00. The Hall–Kier alpha value is -1.82. The molecule has 0 aromatic carbocycles. The van der Waals surface area contributed by atoms with Gasteiger partial charge >= 0.3 is 12.1 Å². The molecule has 0 unspecified atom stereocenters. The molecule has 6 nitrogen and oxygen atoms in total. The highest BCUT2D eigenvalue weighted by atomic mass is 35.5. The molecule has 0 atom stereocenters. The predicted octanol–water partition coefficient (Wildman–Crippen LogP) is -1.62. The molecular weight excluding hydrogens is 308 g/mol. The highest BCUT2D eigenvalue weighted by molar-refractivity contribution is 5.77. The van der Waals surface area contributed by atoms with E-state index < -0.39 is 12.1 Å². The molecule has 1 heterocycles. The third kappa shape index (κ3) is 7.26. The molecule has 7 heteroatoms. The Balaban J connectivity index is 0.00000441. The lowest BCUT2D eigenvalue weighted by Gasteiger charge is -2.14. The second-order valence-electron chi connectivity index (χ2n) is 5.30. The van der Waals surface area contributed by atoms with E-state index in [4.69, 9.17) is 4.74 Å². The van der Waals surface area contributed by atoms with Crippen molar-refractivity contribution in [1.82, 2.24) is 4.90 Å². The van der Waals surface area contributed by atoms with E-state index in [1.165, 1.54) is 24.6 Å². The summed E-state index contributed by atoms with van der Waals surface area (Å²) in [5.74, 6) is 0.0793. The maximum absolute atomic E-state index is 11.7. The van der Waals surface area contributed by atoms with Crippen LogP contribution in [0.4, 0.5) is 4.79 Å². The van der Waals surface area contributed by atoms with Crippen LogP contribution in [0.1, 0.15) is 19.4 Å². The zero-order valence-electron chi connectivity index (χ0n) is 13.4. The van der Waals surface area contributed by atoms with Crippen molar-refractivity contribution in [3.63, 3.8) is 0 Å². The van der Waals surface area contributed by atoms with Crippen LogP contribution in [-0.4, -0.2) is 37.7 Å². The summed E-state index contributed by atoms with van der Waals surface area (Å²) in [7, 11) is 2.76. The van der Waals surface area contributed by atoms with Crippen LogP contribution in [-0.2, 0) is 27.4 Å². The maximum atomic E-state index is 11.7. The van der Waals surface area contributed by atoms with Gasteiger partial charge in [0.25, 0.3) is 6.73 Å². The van der Waals surface area contributed by atoms with Crippen molar-refractivity contribution in [3.05, 3.63) is 30.1 Å². The SMILES string of the molecule is COC(=O)CN(C)C(=O)OC[n+]1cccc(CC(C)C)c1.[Cl-]. The molecule has 1 rings (SSSR count). The summed E-state index contributed by atoms with van der Waals surface area (Å²) in [5.41, 5.74) is 1.19. The number of hydrogen-bond donors (Lipinski definition) is 0. The Kier molecular flexibility index (Phi) is 9.17. The van der Waals surface area contributed by atoms with Gasteiger partial charge in [0.2, 0.25) is 0 Å². The Labute approximate surface area is 137 Å². The van der Waals surface area contributed by atoms with E-state index in [0.29, 0.717) is 5.92 Å². The number of amides is 1. The average molecular weight is 331 g/mol. The van der Waals surface area contributed by atoms with Gasteiger partial charge in [0.05, 0.1) is 7.11 Å². The van der Waals surface area contributed by atoms with Crippen LogP contribution in [0.15, 0.2) is 24.5 Å². The maximum Gasteiger partial charge on any atom is 0.414 e. The second-order valence-corrected chi connectivity index (χ2v) is 5.30. The number of carbonyl (C=O) groups excluding carboxylic acids is 2. The molecule has 0 radical (unpaired) electrons. The number of esters is 1. The van der Waals surface area contributed by atoms with Gasteiger partial charge in [-0.15, -0.1) is 0 Å². The normalized spacial score (nSPS) is 9.86. The fourth-order valence-electron chi connectivity index (χ4n) is 1.81. The Bertz CT molecular complexity index is 494. The van der Waals surface area contributed by atoms with Gasteiger partial charge in [0.15, 0.2) is 12.4 Å². The Morgan fingerprint density at radius 2 is 2.05 bits per heavy atom. The van der Waals surface area contributed by atoms with Gasteiger partial charge < -0.3 is 26.8 Å². The molecule has 0 saturated carbocycles. The summed E-state index contributed by atoms with van der Waals surface area (Å²) >= 11 is 0. The van der Waals surface area contributed by atoms with E-state index in [1.54, 1.807) is 4.57 Å². The minimum absolute atomic E-state index is 0. The zero-order chi connectivity index (χ0) is 15.8. The van der Waals surface area contributed by atoms with Gasteiger partial charge in [-0.3, -0.25) is 4.79 Å². The molecule has 0 saturated heterocycles. The van der Waals surface area contributed by atoms with Crippen molar-refractivity contribution in [2.45, 2.75) is 27.0 Å². The molecular formula is C15H23ClN2O4. The lowest BCUT2D eigenvalue weighted by molar-refractivity contribution is -0.727. The monoisotopic (exact) mass is 330 g/mol. The van der Waals surface area contributed by atoms with E-state index in [9.17, 15) is 9.59 Å². The molecule has 1 aromatic heterocycles. The van der Waals surface area contributed by atoms with Gasteiger partial charge in [0.1, 0.15) is 6.54 Å². The molecule has 0 spiro atoms.